The van der Waals surface area contributed by atoms with Crippen LogP contribution in [0.2, 0.25) is 0 Å². The van der Waals surface area contributed by atoms with Crippen molar-refractivity contribution in [2.75, 3.05) is 12.4 Å². The van der Waals surface area contributed by atoms with Crippen molar-refractivity contribution in [3.8, 4) is 0 Å². The molecule has 0 aromatic heterocycles. The van der Waals surface area contributed by atoms with E-state index in [1.807, 2.05) is 0 Å². The number of piperidine rings is 1. The minimum atomic E-state index is 0.657. The third kappa shape index (κ3) is 2.36. The summed E-state index contributed by atoms with van der Waals surface area (Å²) in [6.45, 7) is 0. The number of hydrogen-bond donors (Lipinski definition) is 1. The van der Waals surface area contributed by atoms with Crippen LogP contribution in [0.3, 0.4) is 0 Å². The van der Waals surface area contributed by atoms with Gasteiger partial charge in [-0.25, -0.2) is 0 Å². The molecule has 2 fully saturated rings. The molecule has 2 atom stereocenters. The van der Waals surface area contributed by atoms with E-state index >= 15 is 0 Å². The Balaban J connectivity index is 1.65. The number of hydrogen-bond acceptors (Lipinski definition) is 2. The fraction of sp³-hybridized carbons (Fsp3) is 0.571. The lowest BCUT2D eigenvalue weighted by Crippen LogP contribution is -2.44. The fourth-order valence-corrected chi connectivity index (χ4v) is 3.58. The fourth-order valence-electron chi connectivity index (χ4n) is 3.31. The van der Waals surface area contributed by atoms with Crippen LogP contribution >= 0.6 is 15.9 Å². The van der Waals surface area contributed by atoms with Gasteiger partial charge in [-0.2, -0.15) is 0 Å². The van der Waals surface area contributed by atoms with Gasteiger partial charge < -0.3 is 10.2 Å². The van der Waals surface area contributed by atoms with Crippen molar-refractivity contribution >= 4 is 21.6 Å². The second-order valence-electron chi connectivity index (χ2n) is 5.37. The topological polar surface area (TPSA) is 15.3 Å². The molecule has 2 heterocycles. The molecule has 1 aromatic rings. The quantitative estimate of drug-likeness (QED) is 0.898. The summed E-state index contributed by atoms with van der Waals surface area (Å²) in [7, 11) is 2.29. The van der Waals surface area contributed by atoms with E-state index in [-0.39, 0.29) is 0 Å². The van der Waals surface area contributed by atoms with E-state index in [0.717, 1.165) is 16.6 Å². The summed E-state index contributed by atoms with van der Waals surface area (Å²) in [5.41, 5.74) is 1.25. The van der Waals surface area contributed by atoms with Crippen molar-refractivity contribution in [3.63, 3.8) is 0 Å². The van der Waals surface area contributed by atoms with Crippen molar-refractivity contribution < 1.29 is 0 Å². The lowest BCUT2D eigenvalue weighted by Gasteiger charge is -2.37. The SMILES string of the molecule is CN1C2CCC1CC(Nc1ccc(Br)cc1)C2. The van der Waals surface area contributed by atoms with Crippen LogP contribution in [-0.2, 0) is 0 Å². The molecule has 1 aromatic carbocycles. The van der Waals surface area contributed by atoms with Gasteiger partial charge in [0.25, 0.3) is 0 Å². The Morgan fingerprint density at radius 3 is 2.29 bits per heavy atom. The molecule has 2 aliphatic rings. The zero-order valence-corrected chi connectivity index (χ0v) is 11.8. The molecule has 1 N–H and O–H groups in total. The van der Waals surface area contributed by atoms with E-state index in [9.17, 15) is 0 Å². The Kier molecular flexibility index (Phi) is 3.14. The van der Waals surface area contributed by atoms with E-state index in [1.54, 1.807) is 0 Å². The lowest BCUT2D eigenvalue weighted by molar-refractivity contribution is 0.169. The summed E-state index contributed by atoms with van der Waals surface area (Å²) in [4.78, 5) is 2.58. The third-order valence-corrected chi connectivity index (χ3v) is 4.84. The Morgan fingerprint density at radius 1 is 1.12 bits per heavy atom. The normalized spacial score (nSPS) is 32.7. The van der Waals surface area contributed by atoms with Crippen LogP contribution < -0.4 is 5.32 Å². The van der Waals surface area contributed by atoms with Crippen LogP contribution in [-0.4, -0.2) is 30.1 Å². The number of nitrogens with one attached hydrogen (secondary N) is 1. The number of rotatable bonds is 2. The van der Waals surface area contributed by atoms with Crippen molar-refractivity contribution in [2.24, 2.45) is 0 Å². The molecule has 2 nitrogen and oxygen atoms in total. The Bertz CT molecular complexity index is 376. The highest BCUT2D eigenvalue weighted by molar-refractivity contribution is 9.10. The summed E-state index contributed by atoms with van der Waals surface area (Å²) >= 11 is 3.47. The predicted molar refractivity (Wildman–Crippen MR) is 75.4 cm³/mol. The van der Waals surface area contributed by atoms with Crippen LogP contribution in [0.25, 0.3) is 0 Å². The van der Waals surface area contributed by atoms with Crippen molar-refractivity contribution in [2.45, 2.75) is 43.8 Å². The van der Waals surface area contributed by atoms with Crippen molar-refractivity contribution in [1.82, 2.24) is 4.90 Å². The van der Waals surface area contributed by atoms with Gasteiger partial charge in [0.15, 0.2) is 0 Å². The van der Waals surface area contributed by atoms with Crippen LogP contribution in [0.5, 0.6) is 0 Å². The number of halogens is 1. The minimum absolute atomic E-state index is 0.657. The Labute approximate surface area is 112 Å². The highest BCUT2D eigenvalue weighted by Crippen LogP contribution is 2.35. The molecule has 0 spiro atoms. The summed E-state index contributed by atoms with van der Waals surface area (Å²) in [6.07, 6.45) is 5.37. The van der Waals surface area contributed by atoms with Crippen LogP contribution in [0, 0.1) is 0 Å². The molecule has 2 bridgehead atoms. The predicted octanol–water partition coefficient (Wildman–Crippen LogP) is 3.49. The van der Waals surface area contributed by atoms with E-state index in [1.165, 1.54) is 31.4 Å². The highest BCUT2D eigenvalue weighted by atomic mass is 79.9. The number of fused-ring (bicyclic) bond motifs is 2. The van der Waals surface area contributed by atoms with E-state index in [0.29, 0.717) is 6.04 Å². The first-order valence-electron chi connectivity index (χ1n) is 6.46. The van der Waals surface area contributed by atoms with Crippen LogP contribution in [0.4, 0.5) is 5.69 Å². The van der Waals surface area contributed by atoms with E-state index in [2.05, 4.69) is 57.5 Å². The van der Waals surface area contributed by atoms with Crippen LogP contribution in [0.15, 0.2) is 28.7 Å². The molecule has 17 heavy (non-hydrogen) atoms. The molecule has 3 heteroatoms. The third-order valence-electron chi connectivity index (χ3n) is 4.31. The highest BCUT2D eigenvalue weighted by Gasteiger charge is 2.38. The molecule has 2 unspecified atom stereocenters. The van der Waals surface area contributed by atoms with Gasteiger partial charge >= 0.3 is 0 Å². The summed E-state index contributed by atoms with van der Waals surface area (Å²) in [6, 6.07) is 10.8. The van der Waals surface area contributed by atoms with Gasteiger partial charge in [0, 0.05) is 28.3 Å². The molecule has 2 aliphatic heterocycles. The molecule has 0 radical (unpaired) electrons. The first-order chi connectivity index (χ1) is 8.22. The van der Waals surface area contributed by atoms with Gasteiger partial charge in [-0.05, 0) is 57.0 Å². The zero-order chi connectivity index (χ0) is 11.8. The summed E-state index contributed by atoms with van der Waals surface area (Å²) in [5.74, 6) is 0. The molecular formula is C14H19BrN2. The minimum Gasteiger partial charge on any atom is -0.382 e. The largest absolute Gasteiger partial charge is 0.382 e. The standard InChI is InChI=1S/C14H19BrN2/c1-17-13-6-7-14(17)9-12(8-13)16-11-4-2-10(15)3-5-11/h2-5,12-14,16H,6-9H2,1H3. The maximum atomic E-state index is 3.68. The smallest absolute Gasteiger partial charge is 0.0343 e. The van der Waals surface area contributed by atoms with Gasteiger partial charge in [-0.15, -0.1) is 0 Å². The first-order valence-corrected chi connectivity index (χ1v) is 7.26. The molecule has 0 saturated carbocycles. The zero-order valence-electron chi connectivity index (χ0n) is 10.2. The number of anilines is 1. The van der Waals surface area contributed by atoms with Crippen molar-refractivity contribution in [1.29, 1.82) is 0 Å². The molecule has 0 aliphatic carbocycles. The van der Waals surface area contributed by atoms with Gasteiger partial charge in [0.05, 0.1) is 0 Å². The maximum Gasteiger partial charge on any atom is 0.0343 e. The molecule has 0 amide bonds. The Hall–Kier alpha value is -0.540. The molecular weight excluding hydrogens is 276 g/mol. The van der Waals surface area contributed by atoms with E-state index < -0.39 is 0 Å². The number of benzene rings is 1. The van der Waals surface area contributed by atoms with Gasteiger partial charge in [0.2, 0.25) is 0 Å². The summed E-state index contributed by atoms with van der Waals surface area (Å²) in [5, 5.41) is 3.68. The molecule has 2 saturated heterocycles. The Morgan fingerprint density at radius 2 is 1.71 bits per heavy atom. The second kappa shape index (κ2) is 4.62. The number of nitrogens with zero attached hydrogens (tertiary/aromatic N) is 1. The van der Waals surface area contributed by atoms with Gasteiger partial charge in [0.1, 0.15) is 0 Å². The summed E-state index contributed by atoms with van der Waals surface area (Å²) < 4.78 is 1.14. The van der Waals surface area contributed by atoms with Gasteiger partial charge in [-0.1, -0.05) is 15.9 Å². The molecule has 92 valence electrons. The maximum absolute atomic E-state index is 3.68. The van der Waals surface area contributed by atoms with Crippen LogP contribution in [0.1, 0.15) is 25.7 Å². The van der Waals surface area contributed by atoms with Gasteiger partial charge in [-0.3, -0.25) is 0 Å². The van der Waals surface area contributed by atoms with Crippen molar-refractivity contribution in [3.05, 3.63) is 28.7 Å². The molecule has 3 rings (SSSR count). The average Bonchev–Trinajstić information content (AvgIpc) is 2.55. The second-order valence-corrected chi connectivity index (χ2v) is 6.29. The van der Waals surface area contributed by atoms with E-state index in [4.69, 9.17) is 0 Å². The first kappa shape index (κ1) is 11.5. The lowest BCUT2D eigenvalue weighted by atomic mass is 9.98. The average molecular weight is 295 g/mol. The monoisotopic (exact) mass is 294 g/mol.